The molecule has 1 fully saturated rings. The van der Waals surface area contributed by atoms with Gasteiger partial charge in [-0.25, -0.2) is 13.1 Å². The SMILES string of the molecule is O=S(=O)(CCCCCCCCBr)NC1CC1. The summed E-state index contributed by atoms with van der Waals surface area (Å²) < 4.78 is 25.7. The maximum atomic E-state index is 11.5. The van der Waals surface area contributed by atoms with Gasteiger partial charge in [-0.2, -0.15) is 0 Å². The van der Waals surface area contributed by atoms with Crippen LogP contribution >= 0.6 is 15.9 Å². The second-order valence-electron chi connectivity index (χ2n) is 4.52. The Hall–Kier alpha value is 0.390. The highest BCUT2D eigenvalue weighted by Crippen LogP contribution is 2.20. The zero-order valence-corrected chi connectivity index (χ0v) is 12.2. The van der Waals surface area contributed by atoms with Crippen LogP contribution in [-0.4, -0.2) is 25.5 Å². The summed E-state index contributed by atoms with van der Waals surface area (Å²) in [5, 5.41) is 1.08. The lowest BCUT2D eigenvalue weighted by atomic mass is 10.1. The van der Waals surface area contributed by atoms with Gasteiger partial charge in [-0.05, 0) is 25.7 Å². The molecule has 3 nitrogen and oxygen atoms in total. The molecule has 0 radical (unpaired) electrons. The van der Waals surface area contributed by atoms with Gasteiger partial charge in [0.2, 0.25) is 10.0 Å². The van der Waals surface area contributed by atoms with Crippen molar-refractivity contribution < 1.29 is 8.42 Å². The van der Waals surface area contributed by atoms with Crippen molar-refractivity contribution in [3.05, 3.63) is 0 Å². The summed E-state index contributed by atoms with van der Waals surface area (Å²) in [6.07, 6.45) is 8.73. The Morgan fingerprint density at radius 3 is 2.12 bits per heavy atom. The number of hydrogen-bond donors (Lipinski definition) is 1. The summed E-state index contributed by atoms with van der Waals surface area (Å²) in [6, 6.07) is 0.254. The zero-order chi connectivity index (χ0) is 11.9. The number of halogens is 1. The Bertz CT molecular complexity index is 276. The Morgan fingerprint density at radius 1 is 1.00 bits per heavy atom. The minimum absolute atomic E-state index is 0.254. The normalized spacial score (nSPS) is 16.6. The monoisotopic (exact) mass is 311 g/mol. The molecule has 0 aromatic heterocycles. The van der Waals surface area contributed by atoms with Crippen molar-refractivity contribution in [2.45, 2.75) is 57.4 Å². The molecule has 1 aliphatic rings. The van der Waals surface area contributed by atoms with Crippen molar-refractivity contribution >= 4 is 26.0 Å². The molecule has 0 heterocycles. The number of alkyl halides is 1. The molecule has 5 heteroatoms. The van der Waals surface area contributed by atoms with Crippen molar-refractivity contribution in [1.29, 1.82) is 0 Å². The van der Waals surface area contributed by atoms with Gasteiger partial charge in [0.05, 0.1) is 5.75 Å². The Labute approximate surface area is 108 Å². The van der Waals surface area contributed by atoms with Crippen LogP contribution in [0.5, 0.6) is 0 Å². The van der Waals surface area contributed by atoms with Crippen molar-refractivity contribution in [1.82, 2.24) is 4.72 Å². The molecule has 0 aromatic carbocycles. The lowest BCUT2D eigenvalue weighted by Crippen LogP contribution is -2.28. The van der Waals surface area contributed by atoms with Crippen molar-refractivity contribution in [3.63, 3.8) is 0 Å². The molecular weight excluding hydrogens is 290 g/mol. The molecule has 1 rings (SSSR count). The van der Waals surface area contributed by atoms with Crippen LogP contribution in [0.15, 0.2) is 0 Å². The van der Waals surface area contributed by atoms with E-state index in [4.69, 9.17) is 0 Å². The smallest absolute Gasteiger partial charge is 0.211 e. The molecule has 0 aromatic rings. The average molecular weight is 312 g/mol. The first-order valence-corrected chi connectivity index (χ1v) is 8.97. The fraction of sp³-hybridized carbons (Fsp3) is 1.00. The first-order valence-electron chi connectivity index (χ1n) is 6.20. The van der Waals surface area contributed by atoms with Gasteiger partial charge in [-0.1, -0.05) is 41.6 Å². The summed E-state index contributed by atoms with van der Waals surface area (Å²) in [4.78, 5) is 0. The van der Waals surface area contributed by atoms with E-state index in [1.54, 1.807) is 0 Å². The third kappa shape index (κ3) is 7.63. The van der Waals surface area contributed by atoms with E-state index < -0.39 is 10.0 Å². The average Bonchev–Trinajstić information content (AvgIpc) is 2.99. The molecular formula is C11H22BrNO2S. The van der Waals surface area contributed by atoms with Crippen LogP contribution in [-0.2, 0) is 10.0 Å². The number of sulfonamides is 1. The van der Waals surface area contributed by atoms with Crippen LogP contribution in [0.1, 0.15) is 51.4 Å². The summed E-state index contributed by atoms with van der Waals surface area (Å²) in [6.45, 7) is 0. The number of unbranched alkanes of at least 4 members (excludes halogenated alkanes) is 5. The van der Waals surface area contributed by atoms with E-state index in [1.165, 1.54) is 19.3 Å². The zero-order valence-electron chi connectivity index (χ0n) is 9.75. The highest BCUT2D eigenvalue weighted by molar-refractivity contribution is 9.09. The van der Waals surface area contributed by atoms with Gasteiger partial charge < -0.3 is 0 Å². The fourth-order valence-corrected chi connectivity index (χ4v) is 3.45. The minimum atomic E-state index is -2.97. The summed E-state index contributed by atoms with van der Waals surface area (Å²) in [5.41, 5.74) is 0. The maximum Gasteiger partial charge on any atom is 0.211 e. The quantitative estimate of drug-likeness (QED) is 0.498. The first-order chi connectivity index (χ1) is 7.64. The fourth-order valence-electron chi connectivity index (χ4n) is 1.61. The molecule has 0 unspecified atom stereocenters. The second-order valence-corrected chi connectivity index (χ2v) is 7.19. The van der Waals surface area contributed by atoms with E-state index in [2.05, 4.69) is 20.7 Å². The van der Waals surface area contributed by atoms with Crippen LogP contribution in [0.4, 0.5) is 0 Å². The van der Waals surface area contributed by atoms with Crippen molar-refractivity contribution in [2.75, 3.05) is 11.1 Å². The molecule has 0 bridgehead atoms. The molecule has 1 saturated carbocycles. The second kappa shape index (κ2) is 7.67. The van der Waals surface area contributed by atoms with Crippen LogP contribution < -0.4 is 4.72 Å². The summed E-state index contributed by atoms with van der Waals surface area (Å²) in [7, 11) is -2.97. The standard InChI is InChI=1S/C11H22BrNO2S/c12-9-5-3-1-2-4-6-10-16(14,15)13-11-7-8-11/h11,13H,1-10H2. The topological polar surface area (TPSA) is 46.2 Å². The Kier molecular flexibility index (Phi) is 6.92. The van der Waals surface area contributed by atoms with E-state index in [0.717, 1.165) is 37.4 Å². The molecule has 0 atom stereocenters. The van der Waals surface area contributed by atoms with Gasteiger partial charge in [-0.3, -0.25) is 0 Å². The minimum Gasteiger partial charge on any atom is -0.212 e. The lowest BCUT2D eigenvalue weighted by molar-refractivity contribution is 0.571. The lowest BCUT2D eigenvalue weighted by Gasteiger charge is -2.04. The predicted octanol–water partition coefficient (Wildman–Crippen LogP) is 2.80. The van der Waals surface area contributed by atoms with E-state index >= 15 is 0 Å². The van der Waals surface area contributed by atoms with E-state index in [0.29, 0.717) is 5.75 Å². The van der Waals surface area contributed by atoms with Crippen LogP contribution in [0.25, 0.3) is 0 Å². The van der Waals surface area contributed by atoms with Crippen molar-refractivity contribution in [3.8, 4) is 0 Å². The molecule has 0 saturated heterocycles. The third-order valence-electron chi connectivity index (χ3n) is 2.72. The van der Waals surface area contributed by atoms with Crippen LogP contribution in [0, 0.1) is 0 Å². The molecule has 1 aliphatic carbocycles. The maximum absolute atomic E-state index is 11.5. The van der Waals surface area contributed by atoms with Gasteiger partial charge in [-0.15, -0.1) is 0 Å². The van der Waals surface area contributed by atoms with Gasteiger partial charge in [0.25, 0.3) is 0 Å². The van der Waals surface area contributed by atoms with Gasteiger partial charge in [0.1, 0.15) is 0 Å². The van der Waals surface area contributed by atoms with Gasteiger partial charge in [0.15, 0.2) is 0 Å². The van der Waals surface area contributed by atoms with Gasteiger partial charge >= 0.3 is 0 Å². The van der Waals surface area contributed by atoms with E-state index in [-0.39, 0.29) is 6.04 Å². The summed E-state index contributed by atoms with van der Waals surface area (Å²) in [5.74, 6) is 0.307. The highest BCUT2D eigenvalue weighted by Gasteiger charge is 2.26. The van der Waals surface area contributed by atoms with E-state index in [9.17, 15) is 8.42 Å². The van der Waals surface area contributed by atoms with Crippen LogP contribution in [0.3, 0.4) is 0 Å². The largest absolute Gasteiger partial charge is 0.212 e. The molecule has 96 valence electrons. The highest BCUT2D eigenvalue weighted by atomic mass is 79.9. The molecule has 0 spiro atoms. The Balaban J connectivity index is 1.93. The van der Waals surface area contributed by atoms with Crippen LogP contribution in [0.2, 0.25) is 0 Å². The number of nitrogens with one attached hydrogen (secondary N) is 1. The van der Waals surface area contributed by atoms with E-state index in [1.807, 2.05) is 0 Å². The molecule has 0 amide bonds. The van der Waals surface area contributed by atoms with Gasteiger partial charge in [0, 0.05) is 11.4 Å². The molecule has 0 aliphatic heterocycles. The summed E-state index contributed by atoms with van der Waals surface area (Å²) >= 11 is 3.40. The third-order valence-corrected chi connectivity index (χ3v) is 4.80. The van der Waals surface area contributed by atoms with Crippen molar-refractivity contribution in [2.24, 2.45) is 0 Å². The number of rotatable bonds is 10. The first kappa shape index (κ1) is 14.5. The Morgan fingerprint density at radius 2 is 1.56 bits per heavy atom. The molecule has 16 heavy (non-hydrogen) atoms. The predicted molar refractivity (Wildman–Crippen MR) is 71.4 cm³/mol. The molecule has 1 N–H and O–H groups in total. The number of hydrogen-bond acceptors (Lipinski definition) is 2.